The maximum atomic E-state index is 17.0. The summed E-state index contributed by atoms with van der Waals surface area (Å²) >= 11 is 0. The average Bonchev–Trinajstić information content (AvgIpc) is 3.14. The topological polar surface area (TPSA) is 23.6 Å². The molecule has 3 nitrogen and oxygen atoms in total. The third-order valence-corrected chi connectivity index (χ3v) is 12.9. The van der Waals surface area contributed by atoms with Crippen molar-refractivity contribution in [1.29, 1.82) is 0 Å². The van der Waals surface area contributed by atoms with E-state index in [0.29, 0.717) is 34.1 Å². The van der Waals surface area contributed by atoms with Gasteiger partial charge in [0.2, 0.25) is 13.4 Å². The predicted molar refractivity (Wildman–Crippen MR) is 180 cm³/mol. The number of benzene rings is 6. The molecule has 0 saturated heterocycles. The summed E-state index contributed by atoms with van der Waals surface area (Å²) < 4.78 is 227. The van der Waals surface area contributed by atoms with Gasteiger partial charge in [0.1, 0.15) is 11.6 Å². The van der Waals surface area contributed by atoms with Crippen LogP contribution in [0.5, 0.6) is 0 Å². The van der Waals surface area contributed by atoms with Crippen LogP contribution in [0.15, 0.2) is 48.5 Å². The Labute approximate surface area is 313 Å². The molecule has 0 unspecified atom stereocenters. The minimum atomic E-state index is -4.71. The van der Waals surface area contributed by atoms with Crippen LogP contribution in [-0.2, 0) is 23.7 Å². The first kappa shape index (κ1) is 33.0. The summed E-state index contributed by atoms with van der Waals surface area (Å²) in [7, 11) is 0. The zero-order valence-electron chi connectivity index (χ0n) is 27.9. The van der Waals surface area contributed by atoms with Gasteiger partial charge in [0.15, 0.2) is 23.3 Å². The highest BCUT2D eigenvalue weighted by atomic mass is 19.3. The summed E-state index contributed by atoms with van der Waals surface area (Å²) in [6.45, 7) is -3.73. The highest BCUT2D eigenvalue weighted by molar-refractivity contribution is 7.02. The highest BCUT2D eigenvalue weighted by Gasteiger charge is 2.65. The van der Waals surface area contributed by atoms with Crippen LogP contribution in [-0.4, -0.2) is 19.5 Å². The normalized spacial score (nSPS) is 19.7. The van der Waals surface area contributed by atoms with Crippen LogP contribution in [0.3, 0.4) is 0 Å². The molecule has 2 amide bonds. The van der Waals surface area contributed by atoms with Crippen molar-refractivity contribution in [2.45, 2.75) is 23.7 Å². The van der Waals surface area contributed by atoms with E-state index in [-0.39, 0.29) is 29.7 Å². The molecule has 0 atom stereocenters. The molecular formula is C39H8B2F14N2O. The quantitative estimate of drug-likeness (QED) is 0.126. The van der Waals surface area contributed by atoms with Crippen molar-refractivity contribution in [2.24, 2.45) is 0 Å². The third-order valence-electron chi connectivity index (χ3n) is 12.9. The van der Waals surface area contributed by atoms with Crippen LogP contribution in [0.2, 0.25) is 0 Å². The van der Waals surface area contributed by atoms with Crippen molar-refractivity contribution in [2.75, 3.05) is 9.80 Å². The number of anilines is 4. The van der Waals surface area contributed by atoms with Gasteiger partial charge in [-0.1, -0.05) is 0 Å². The number of hydrogen-bond acceptors (Lipinski definition) is 1. The predicted octanol–water partition coefficient (Wildman–Crippen LogP) is 6.56. The molecule has 6 aromatic rings. The summed E-state index contributed by atoms with van der Waals surface area (Å²) in [4.78, 5) is 16.0. The average molecular weight is 808 g/mol. The van der Waals surface area contributed by atoms with Gasteiger partial charge >= 0.3 is 17.9 Å². The second-order valence-corrected chi connectivity index (χ2v) is 15.4. The van der Waals surface area contributed by atoms with Gasteiger partial charge in [-0.25, -0.2) is 31.1 Å². The van der Waals surface area contributed by atoms with Crippen molar-refractivity contribution in [3.05, 3.63) is 128 Å². The lowest BCUT2D eigenvalue weighted by molar-refractivity contribution is 0.0331. The molecule has 0 radical (unpaired) electrons. The van der Waals surface area contributed by atoms with E-state index in [1.807, 2.05) is 0 Å². The fourth-order valence-electron chi connectivity index (χ4n) is 11.0. The van der Waals surface area contributed by atoms with Gasteiger partial charge in [0, 0.05) is 62.3 Å². The fourth-order valence-corrected chi connectivity index (χ4v) is 11.0. The Bertz CT molecular complexity index is 3020. The number of carbonyl (C=O) groups is 1. The molecule has 284 valence electrons. The summed E-state index contributed by atoms with van der Waals surface area (Å²) in [5.41, 5.74) is -18.8. The number of fused-ring (bicyclic) bond motifs is 2. The summed E-state index contributed by atoms with van der Waals surface area (Å²) in [5, 5.41) is -0.893. The fraction of sp³-hybridized carbons (Fsp3) is 0.103. The Morgan fingerprint density at radius 2 is 0.776 bits per heavy atom. The lowest BCUT2D eigenvalue weighted by Crippen LogP contribution is -2.72. The van der Waals surface area contributed by atoms with Gasteiger partial charge in [0.25, 0.3) is 11.8 Å². The van der Waals surface area contributed by atoms with E-state index in [1.54, 1.807) is 0 Å². The maximum Gasteiger partial charge on any atom is 0.338 e. The molecule has 7 aliphatic heterocycles. The van der Waals surface area contributed by atoms with E-state index in [2.05, 4.69) is 0 Å². The van der Waals surface area contributed by atoms with E-state index >= 15 is 66.3 Å². The number of rotatable bonds is 0. The summed E-state index contributed by atoms with van der Waals surface area (Å²) in [6, 6.07) is 1.38. The van der Waals surface area contributed by atoms with Crippen molar-refractivity contribution >= 4 is 85.8 Å². The number of alkyl halides is 8. The second-order valence-electron chi connectivity index (χ2n) is 15.4. The Balaban J connectivity index is 1.28. The molecule has 0 spiro atoms. The Kier molecular flexibility index (Phi) is 5.13. The molecule has 0 N–H and O–H groups in total. The number of carbonyl (C=O) groups excluding carboxylic acids is 1. The molecule has 0 saturated carbocycles. The van der Waals surface area contributed by atoms with Crippen LogP contribution >= 0.6 is 0 Å². The van der Waals surface area contributed by atoms with Crippen LogP contribution < -0.4 is 42.6 Å². The minimum absolute atomic E-state index is 0.208. The van der Waals surface area contributed by atoms with E-state index in [9.17, 15) is 0 Å². The Hall–Kier alpha value is -6.00. The number of urea groups is 1. The molecule has 0 aromatic heterocycles. The second kappa shape index (κ2) is 9.00. The smallest absolute Gasteiger partial charge is 0.263 e. The van der Waals surface area contributed by atoms with Crippen molar-refractivity contribution in [3.8, 4) is 0 Å². The monoisotopic (exact) mass is 808 g/mol. The van der Waals surface area contributed by atoms with Gasteiger partial charge in [-0.05, 0) is 74.6 Å². The van der Waals surface area contributed by atoms with Crippen molar-refractivity contribution < 1.29 is 66.3 Å². The highest BCUT2D eigenvalue weighted by Crippen LogP contribution is 2.58. The van der Waals surface area contributed by atoms with Gasteiger partial charge in [0.05, 0.1) is 22.5 Å². The van der Waals surface area contributed by atoms with Crippen LogP contribution in [0, 0.1) is 34.9 Å². The van der Waals surface area contributed by atoms with Crippen LogP contribution in [0.4, 0.5) is 89.0 Å². The minimum Gasteiger partial charge on any atom is -0.263 e. The first-order valence-corrected chi connectivity index (χ1v) is 17.3. The SMILES string of the molecule is O=C1N2c3cc(F)c(F)c4c3B3c5c(cc(F)cc5C4(F)F)C(F)(F)c4cc5cc6c7c(c5c2c43)N1c1cc(F)c(F)c2c1B7c1c(cc(F)cc1C2(F)F)C6(F)F. The number of amides is 2. The van der Waals surface area contributed by atoms with Gasteiger partial charge < -0.3 is 0 Å². The van der Waals surface area contributed by atoms with E-state index in [0.717, 1.165) is 0 Å². The third kappa shape index (κ3) is 3.06. The van der Waals surface area contributed by atoms with Crippen molar-refractivity contribution in [1.82, 2.24) is 0 Å². The van der Waals surface area contributed by atoms with Gasteiger partial charge in [-0.15, -0.1) is 0 Å². The largest absolute Gasteiger partial charge is 0.338 e. The lowest BCUT2D eigenvalue weighted by atomic mass is 9.27. The standard InChI is InChI=1S/C39H8B2F14N2O/c42-10-3-14-25-16(5-10)38(52,53)23-29-20(7-18(44)31(23)46)56-33-22-9(1-12(36(14,48)49)27(33)40(25)29)2-13-28-34(22)57(35(56)58)21-8-19(45)32(47)24-30(21)41(28)26-15(37(13,50)51)4-11(43)6-17(26)39(24,54)55/h1-8H. The number of hydrogen-bond donors (Lipinski definition) is 0. The summed E-state index contributed by atoms with van der Waals surface area (Å²) in [6.07, 6.45) is 0. The first-order valence-electron chi connectivity index (χ1n) is 17.3. The van der Waals surface area contributed by atoms with Crippen molar-refractivity contribution in [3.63, 3.8) is 0 Å². The molecule has 7 aliphatic rings. The molecule has 0 bridgehead atoms. The molecule has 7 heterocycles. The zero-order chi connectivity index (χ0) is 40.6. The zero-order valence-corrected chi connectivity index (χ0v) is 27.9. The molecule has 58 heavy (non-hydrogen) atoms. The Morgan fingerprint density at radius 1 is 0.431 bits per heavy atom. The summed E-state index contributed by atoms with van der Waals surface area (Å²) in [5.74, 6) is -29.7. The van der Waals surface area contributed by atoms with Gasteiger partial charge in [-0.3, -0.25) is 9.80 Å². The molecule has 0 fully saturated rings. The maximum absolute atomic E-state index is 17.0. The Morgan fingerprint density at radius 3 is 1.16 bits per heavy atom. The molecule has 6 aromatic carbocycles. The van der Waals surface area contributed by atoms with Crippen LogP contribution in [0.25, 0.3) is 10.8 Å². The first-order chi connectivity index (χ1) is 27.2. The number of halogens is 14. The van der Waals surface area contributed by atoms with Crippen LogP contribution in [0.1, 0.15) is 44.5 Å². The van der Waals surface area contributed by atoms with E-state index < -0.39 is 183 Å². The van der Waals surface area contributed by atoms with Gasteiger partial charge in [-0.2, -0.15) is 35.1 Å². The molecule has 19 heteroatoms. The molecule has 13 rings (SSSR count). The number of nitrogens with zero attached hydrogens (tertiary/aromatic N) is 2. The van der Waals surface area contributed by atoms with E-state index in [4.69, 9.17) is 0 Å². The molecular weight excluding hydrogens is 800 g/mol. The lowest BCUT2D eigenvalue weighted by Gasteiger charge is -2.52. The van der Waals surface area contributed by atoms with E-state index in [1.165, 1.54) is 0 Å². The molecule has 0 aliphatic carbocycles.